The number of aromatic nitrogens is 1. The number of aliphatic hydroxyl groups excluding tert-OH is 1. The number of carbonyl (C=O) groups excluding carboxylic acids is 11. The summed E-state index contributed by atoms with van der Waals surface area (Å²) in [5.74, 6) is -7.58. The summed E-state index contributed by atoms with van der Waals surface area (Å²) in [6, 6.07) is 14.2. The number of hydrogen-bond donors (Lipinski definition) is 13. The Hall–Kier alpha value is -9.04. The fraction of sp³-hybridized carbons (Fsp3) is 0.500. The molecular weight excluding hydrogens is 1620 g/mol. The number of epoxide rings is 1. The number of unbranched alkanes of at least 4 members (excludes halogenated alkanes) is 1. The number of nitrogens with zero attached hydrogens (tertiary/aromatic N) is 2. The highest BCUT2D eigenvalue weighted by molar-refractivity contribution is 8.77. The number of aromatic hydroxyl groups is 1. The molecule has 3 fully saturated rings. The Morgan fingerprint density at radius 2 is 1.51 bits per heavy atom. The molecule has 5 heterocycles. The van der Waals surface area contributed by atoms with Gasteiger partial charge in [0.15, 0.2) is 0 Å². The summed E-state index contributed by atoms with van der Waals surface area (Å²) in [5, 5.41) is 44.6. The number of fused-ring (bicyclic) bond motifs is 6. The number of allylic oxidation sites excluding steroid dienone is 3. The average molecular weight is 1730 g/mol. The van der Waals surface area contributed by atoms with E-state index in [1.54, 1.807) is 81.9 Å². The summed E-state index contributed by atoms with van der Waals surface area (Å²) >= 11 is 6.90. The topological polar surface area (TPSA) is 448 Å². The molecule has 16 atom stereocenters. The molecule has 1 aromatic heterocycles. The van der Waals surface area contributed by atoms with Crippen LogP contribution in [0.3, 0.4) is 0 Å². The van der Waals surface area contributed by atoms with E-state index in [1.165, 1.54) is 71.5 Å². The predicted octanol–water partition coefficient (Wildman–Crippen LogP) is 5.14. The van der Waals surface area contributed by atoms with Crippen LogP contribution in [0.2, 0.25) is 5.02 Å². The van der Waals surface area contributed by atoms with E-state index in [0.29, 0.717) is 48.2 Å². The van der Waals surface area contributed by atoms with Crippen molar-refractivity contribution < 1.29 is 86.6 Å². The fourth-order valence-corrected chi connectivity index (χ4v) is 18.6. The van der Waals surface area contributed by atoms with Crippen molar-refractivity contribution in [1.29, 1.82) is 0 Å². The largest absolute Gasteiger partial charge is 0.508 e. The van der Waals surface area contributed by atoms with Gasteiger partial charge in [0.2, 0.25) is 53.2 Å². The molecule has 4 aliphatic rings. The van der Waals surface area contributed by atoms with Crippen molar-refractivity contribution in [1.82, 2.24) is 52.4 Å². The quantitative estimate of drug-likeness (QED) is 0.0147. The van der Waals surface area contributed by atoms with Crippen LogP contribution in [-0.4, -0.2) is 240 Å². The van der Waals surface area contributed by atoms with E-state index in [4.69, 9.17) is 46.8 Å². The number of aliphatic hydroxyl groups is 1. The first-order chi connectivity index (χ1) is 56.4. The summed E-state index contributed by atoms with van der Waals surface area (Å²) in [7, 11) is 10.7. The molecule has 36 heteroatoms. The summed E-state index contributed by atoms with van der Waals surface area (Å²) in [6.07, 6.45) is 2.85. The lowest BCUT2D eigenvalue weighted by molar-refractivity contribution is -0.162. The van der Waals surface area contributed by atoms with Gasteiger partial charge in [0.25, 0.3) is 0 Å². The maximum Gasteiger partial charge on any atom is 0.407 e. The lowest BCUT2D eigenvalue weighted by Gasteiger charge is -2.36. The Morgan fingerprint density at radius 3 is 2.22 bits per heavy atom. The number of ether oxygens (including phenoxy) is 5. The Balaban J connectivity index is 0.879. The number of nitrogens with two attached hydrogens (primary N) is 2. The normalized spacial score (nSPS) is 26.1. The maximum atomic E-state index is 15.0. The van der Waals surface area contributed by atoms with Gasteiger partial charge in [-0.2, -0.15) is 0 Å². The van der Waals surface area contributed by atoms with Crippen molar-refractivity contribution in [3.63, 3.8) is 0 Å². The van der Waals surface area contributed by atoms with Crippen LogP contribution in [0.4, 0.5) is 10.5 Å². The van der Waals surface area contributed by atoms with Gasteiger partial charge in [0.1, 0.15) is 76.6 Å². The molecule has 4 bridgehead atoms. The van der Waals surface area contributed by atoms with Gasteiger partial charge in [0.05, 0.1) is 49.6 Å². The van der Waals surface area contributed by atoms with Gasteiger partial charge >= 0.3 is 12.1 Å². The van der Waals surface area contributed by atoms with Crippen LogP contribution in [0.25, 0.3) is 10.9 Å². The molecule has 0 radical (unpaired) electrons. The molecule has 2 unspecified atom stereocenters. The molecule has 4 aliphatic heterocycles. The van der Waals surface area contributed by atoms with E-state index in [2.05, 4.69) is 47.5 Å². The zero-order valence-electron chi connectivity index (χ0n) is 67.4. The van der Waals surface area contributed by atoms with Crippen LogP contribution in [-0.2, 0) is 92.6 Å². The molecule has 9 rings (SSSR count). The minimum atomic E-state index is -1.71. The van der Waals surface area contributed by atoms with Crippen LogP contribution in [0, 0.1) is 5.92 Å². The summed E-state index contributed by atoms with van der Waals surface area (Å²) < 4.78 is 30.0. The molecular formula is C82H108ClN13O18S4. The van der Waals surface area contributed by atoms with Crippen molar-refractivity contribution in [2.45, 2.75) is 189 Å². The molecule has 4 aromatic carbocycles. The molecule has 0 spiro atoms. The number of amides is 10. The van der Waals surface area contributed by atoms with Gasteiger partial charge in [-0.05, 0) is 119 Å². The average Bonchev–Trinajstić information content (AvgIpc) is 1.57. The molecule has 10 amide bonds. The number of likely N-dealkylation sites (N-methyl/N-ethyl adjacent to an activating group) is 1. The zero-order valence-corrected chi connectivity index (χ0v) is 71.5. The van der Waals surface area contributed by atoms with Gasteiger partial charge in [-0.25, -0.2) is 9.59 Å². The second-order valence-electron chi connectivity index (χ2n) is 30.0. The van der Waals surface area contributed by atoms with Crippen LogP contribution in [0.15, 0.2) is 121 Å². The Bertz CT molecular complexity index is 4410. The Morgan fingerprint density at radius 1 is 0.831 bits per heavy atom. The number of carbonyl (C=O) groups is 11. The number of hydrogen-bond acceptors (Lipinski definition) is 24. The van der Waals surface area contributed by atoms with E-state index >= 15 is 4.79 Å². The van der Waals surface area contributed by atoms with E-state index in [-0.39, 0.29) is 85.4 Å². The highest BCUT2D eigenvalue weighted by atomic mass is 35.5. The van der Waals surface area contributed by atoms with Gasteiger partial charge < -0.3 is 103 Å². The van der Waals surface area contributed by atoms with Crippen LogP contribution in [0.5, 0.6) is 11.5 Å². The van der Waals surface area contributed by atoms with Gasteiger partial charge in [-0.3, -0.25) is 43.2 Å². The number of phenolic OH excluding ortho intramolecular Hbond substituents is 1. The molecule has 640 valence electrons. The number of anilines is 1. The predicted molar refractivity (Wildman–Crippen MR) is 455 cm³/mol. The first-order valence-corrected chi connectivity index (χ1v) is 44.5. The van der Waals surface area contributed by atoms with Crippen molar-refractivity contribution >= 4 is 137 Å². The fourth-order valence-electron chi connectivity index (χ4n) is 14.1. The number of phenols is 1. The lowest BCUT2D eigenvalue weighted by atomic mass is 9.84. The van der Waals surface area contributed by atoms with Gasteiger partial charge in [0, 0.05) is 99.5 Å². The number of benzene rings is 4. The molecule has 0 saturated carbocycles. The van der Waals surface area contributed by atoms with Crippen LogP contribution in [0.1, 0.15) is 95.4 Å². The molecule has 3 saturated heterocycles. The number of alkyl carbamates (subject to hydrolysis) is 1. The van der Waals surface area contributed by atoms with E-state index in [1.807, 2.05) is 56.3 Å². The molecule has 118 heavy (non-hydrogen) atoms. The standard InChI is InChI=1S/C82H108ClN13O18S4/c1-45-18-17-24-64(110-8)58-40-65(112-81(109)93-58)46(2)72-82(5,114-72)67(41-69(100)96(7)63-37-51(34-45)38-66(111-9)70(63)83)113-80(108)47(3)95(6)68(99)29-32-115-116-33-31-86-74(102)61-43-117-118-44-62(91-73(101)55(85)35-49-19-11-10-12-20-49)78(106)89-59(36-50-25-27-53(98)28-26-50)76(104)90-60(39-52-42-87-56-22-14-13-21-54(52)56)77(105)88-57(23-15-16-30-84)75(103)94-71(48(4)97)79(107)92-61/h10-14,17-22,24-28,37-38,42,46-48,55,57-62,64-65,67,71-72,87,97-98H,15-16,23,29-36,39-41,43-44,84-85H2,1-9H3,(H,86,102)(H,88,105)(H,89,106)(H,90,104)(H,91,101)(H,92,107)(H,93,109)(H,94,103)/b24-17+,45-18+/t46-,47+,48-,55-,57+,58?,59+,60-,61+,62+,64-,65+,67+,71+,72?,82+/m1/s1. The van der Waals surface area contributed by atoms with E-state index in [9.17, 15) is 58.2 Å². The van der Waals surface area contributed by atoms with Crippen molar-refractivity contribution in [2.24, 2.45) is 17.4 Å². The minimum absolute atomic E-state index is 0.0135. The van der Waals surface area contributed by atoms with Crippen molar-refractivity contribution in [3.8, 4) is 11.5 Å². The van der Waals surface area contributed by atoms with E-state index in [0.717, 1.165) is 49.2 Å². The highest BCUT2D eigenvalue weighted by Crippen LogP contribution is 2.49. The third-order valence-corrected chi connectivity index (χ3v) is 26.5. The highest BCUT2D eigenvalue weighted by Gasteiger charge is 2.64. The smallest absolute Gasteiger partial charge is 0.407 e. The third-order valence-electron chi connectivity index (χ3n) is 21.2. The van der Waals surface area contributed by atoms with Crippen LogP contribution < -0.4 is 63.6 Å². The van der Waals surface area contributed by atoms with Crippen molar-refractivity contribution in [2.75, 3.05) is 69.3 Å². The van der Waals surface area contributed by atoms with Gasteiger partial charge in [-0.1, -0.05) is 146 Å². The van der Waals surface area contributed by atoms with Gasteiger partial charge in [-0.15, -0.1) is 0 Å². The number of esters is 1. The maximum absolute atomic E-state index is 15.0. The number of H-pyrrole nitrogens is 1. The van der Waals surface area contributed by atoms with Crippen LogP contribution >= 0.6 is 54.8 Å². The summed E-state index contributed by atoms with van der Waals surface area (Å²) in [6.45, 7) is 8.54. The summed E-state index contributed by atoms with van der Waals surface area (Å²) in [5.41, 5.74) is 15.7. The number of methoxy groups -OCH3 is 2. The number of rotatable bonds is 26. The molecule has 5 aromatic rings. The first-order valence-electron chi connectivity index (χ1n) is 39.1. The SMILES string of the molecule is COc1cc2cc(c1Cl)N(C)C(=O)C[C@H](OC(=O)[C@H](C)N(C)C(=O)CCSSCCNC(=O)[C@@H]1CSSC[C@H](NC(=O)[C@H](N)Cc3ccccc3)C(=O)N[C@@H](Cc3ccc(O)cc3)C(=O)N[C@H](Cc3c[nH]c4ccccc34)C(=O)N[C@@H](CCCCN)C(=O)N[C@@H]([C@@H](C)O)C(=O)N1)[C@]1(C)OC1[C@H](C)[C@@H]1CC(NC(=O)O1)[C@H](OC)/C=C/C=C(\C)C2. The minimum Gasteiger partial charge on any atom is -0.508 e. The molecule has 0 aliphatic carbocycles. The Labute approximate surface area is 707 Å². The monoisotopic (exact) mass is 1730 g/mol. The number of nitrogens with one attached hydrogen (secondary N) is 9. The van der Waals surface area contributed by atoms with Crippen molar-refractivity contribution in [3.05, 3.63) is 148 Å². The number of para-hydroxylation sites is 1. The first kappa shape index (κ1) is 92.8. The number of halogens is 1. The molecule has 15 N–H and O–H groups in total. The van der Waals surface area contributed by atoms with E-state index < -0.39 is 162 Å². The third kappa shape index (κ3) is 25.7. The second-order valence-corrected chi connectivity index (χ2v) is 35.6. The Kier molecular flexibility index (Phi) is 34.9. The molecule has 31 nitrogen and oxygen atoms in total. The summed E-state index contributed by atoms with van der Waals surface area (Å²) in [4.78, 5) is 164. The zero-order chi connectivity index (χ0) is 85.5. The second kappa shape index (κ2) is 44.3. The number of aromatic amines is 1. The lowest BCUT2D eigenvalue weighted by Crippen LogP contribution is -2.62.